The summed E-state index contributed by atoms with van der Waals surface area (Å²) >= 11 is 10.9. The number of likely N-dealkylation sites (N-methyl/N-ethyl adjacent to an activating group) is 2. The summed E-state index contributed by atoms with van der Waals surface area (Å²) in [7, 11) is 5.86. The molecule has 1 aliphatic heterocycles. The van der Waals surface area contributed by atoms with Crippen LogP contribution < -0.4 is 0 Å². The van der Waals surface area contributed by atoms with E-state index in [4.69, 9.17) is 0 Å². The maximum Gasteiger partial charge on any atom is 0.243 e. The maximum atomic E-state index is 12.6. The van der Waals surface area contributed by atoms with Gasteiger partial charge in [-0.2, -0.15) is 0 Å². The van der Waals surface area contributed by atoms with E-state index in [-0.39, 0.29) is 11.9 Å². The van der Waals surface area contributed by atoms with Crippen molar-refractivity contribution in [1.82, 2.24) is 14.4 Å². The van der Waals surface area contributed by atoms with Gasteiger partial charge in [0.25, 0.3) is 0 Å². The molecular weight excluding hydrogens is 514 g/mol. The third kappa shape index (κ3) is 3.48. The highest BCUT2D eigenvalue weighted by molar-refractivity contribution is 9.13. The van der Waals surface area contributed by atoms with Gasteiger partial charge < -0.3 is 9.47 Å². The number of benzene rings is 1. The summed E-state index contributed by atoms with van der Waals surface area (Å²) < 4.78 is 5.11. The minimum atomic E-state index is -0.00397. The Balaban J connectivity index is 1.92. The van der Waals surface area contributed by atoms with Gasteiger partial charge in [0.15, 0.2) is 0 Å². The van der Waals surface area contributed by atoms with E-state index < -0.39 is 0 Å². The topological polar surface area (TPSA) is 28.5 Å². The molecule has 0 aliphatic carbocycles. The minimum absolute atomic E-state index is 0.00397. The van der Waals surface area contributed by atoms with Gasteiger partial charge in [0.2, 0.25) is 5.91 Å². The lowest BCUT2D eigenvalue weighted by molar-refractivity contribution is -0.131. The summed E-state index contributed by atoms with van der Waals surface area (Å²) in [5.74, 6) is 0.150. The van der Waals surface area contributed by atoms with Gasteiger partial charge in [0.1, 0.15) is 0 Å². The highest BCUT2D eigenvalue weighted by atomic mass is 79.9. The summed E-state index contributed by atoms with van der Waals surface area (Å²) in [4.78, 5) is 16.5. The SMILES string of the molecule is CN(C=Cc1c(Br)n(C)c2c(Br)c(Br)ccc12)C(=O)[C@@H]1CCCN1C. The normalized spacial score (nSPS) is 18.6. The second kappa shape index (κ2) is 7.55. The number of aryl methyl sites for hydroxylation is 1. The second-order valence-corrected chi connectivity index (χ2v) is 8.82. The second-order valence-electron chi connectivity index (χ2n) is 6.42. The number of halogens is 3. The molecule has 25 heavy (non-hydrogen) atoms. The van der Waals surface area contributed by atoms with Crippen molar-refractivity contribution in [2.45, 2.75) is 18.9 Å². The molecule has 0 unspecified atom stereocenters. The Morgan fingerprint density at radius 1 is 1.28 bits per heavy atom. The van der Waals surface area contributed by atoms with Crippen molar-refractivity contribution in [1.29, 1.82) is 0 Å². The van der Waals surface area contributed by atoms with E-state index in [0.717, 1.165) is 49.4 Å². The smallest absolute Gasteiger partial charge is 0.243 e. The highest BCUT2D eigenvalue weighted by Crippen LogP contribution is 2.38. The number of rotatable bonds is 3. The molecular formula is C18H20Br3N3O. The largest absolute Gasteiger partial charge is 0.337 e. The zero-order valence-corrected chi connectivity index (χ0v) is 19.1. The van der Waals surface area contributed by atoms with Crippen LogP contribution in [0, 0.1) is 0 Å². The summed E-state index contributed by atoms with van der Waals surface area (Å²) in [6.45, 7) is 0.992. The van der Waals surface area contributed by atoms with Crippen LogP contribution >= 0.6 is 47.8 Å². The predicted octanol–water partition coefficient (Wildman–Crippen LogP) is 4.99. The van der Waals surface area contributed by atoms with Crippen LogP contribution in [0.25, 0.3) is 17.0 Å². The van der Waals surface area contributed by atoms with Crippen LogP contribution in [0.15, 0.2) is 31.9 Å². The Bertz CT molecular complexity index is 859. The van der Waals surface area contributed by atoms with Crippen LogP contribution in [0.2, 0.25) is 0 Å². The molecule has 0 radical (unpaired) electrons. The molecule has 3 rings (SSSR count). The molecule has 2 heterocycles. The molecule has 1 atom stereocenters. The van der Waals surface area contributed by atoms with E-state index in [1.165, 1.54) is 0 Å². The predicted molar refractivity (Wildman–Crippen MR) is 113 cm³/mol. The van der Waals surface area contributed by atoms with Crippen LogP contribution in [0.4, 0.5) is 0 Å². The first-order chi connectivity index (χ1) is 11.8. The lowest BCUT2D eigenvalue weighted by Crippen LogP contribution is -2.40. The van der Waals surface area contributed by atoms with E-state index in [9.17, 15) is 4.79 Å². The van der Waals surface area contributed by atoms with Crippen molar-refractivity contribution in [3.63, 3.8) is 0 Å². The number of hydrogen-bond donors (Lipinski definition) is 0. The molecule has 0 N–H and O–H groups in total. The molecule has 1 saturated heterocycles. The van der Waals surface area contributed by atoms with E-state index in [2.05, 4.69) is 63.3 Å². The Kier molecular flexibility index (Phi) is 5.78. The van der Waals surface area contributed by atoms with Crippen LogP contribution in [-0.4, -0.2) is 47.0 Å². The van der Waals surface area contributed by atoms with Crippen molar-refractivity contribution in [3.8, 4) is 0 Å². The molecule has 1 fully saturated rings. The number of nitrogens with zero attached hydrogens (tertiary/aromatic N) is 3. The van der Waals surface area contributed by atoms with Gasteiger partial charge in [-0.1, -0.05) is 6.07 Å². The lowest BCUT2D eigenvalue weighted by Gasteiger charge is -2.22. The molecule has 1 aromatic heterocycles. The molecule has 0 bridgehead atoms. The summed E-state index contributed by atoms with van der Waals surface area (Å²) in [5, 5.41) is 1.12. The first-order valence-electron chi connectivity index (χ1n) is 8.10. The molecule has 4 nitrogen and oxygen atoms in total. The lowest BCUT2D eigenvalue weighted by atomic mass is 10.1. The van der Waals surface area contributed by atoms with Gasteiger partial charge in [-0.3, -0.25) is 9.69 Å². The van der Waals surface area contributed by atoms with Crippen LogP contribution in [-0.2, 0) is 11.8 Å². The summed E-state index contributed by atoms with van der Waals surface area (Å²) in [6, 6.07) is 4.11. The Morgan fingerprint density at radius 3 is 2.64 bits per heavy atom. The first-order valence-corrected chi connectivity index (χ1v) is 10.5. The van der Waals surface area contributed by atoms with E-state index >= 15 is 0 Å². The fourth-order valence-corrected chi connectivity index (χ4v) is 4.81. The zero-order chi connectivity index (χ0) is 18.3. The average Bonchev–Trinajstić information content (AvgIpc) is 3.11. The molecule has 2 aromatic rings. The van der Waals surface area contributed by atoms with Gasteiger partial charge in [-0.25, -0.2) is 0 Å². The van der Waals surface area contributed by atoms with E-state index in [1.807, 2.05) is 39.5 Å². The number of aromatic nitrogens is 1. The number of amides is 1. The van der Waals surface area contributed by atoms with E-state index in [0.29, 0.717) is 0 Å². The van der Waals surface area contributed by atoms with Gasteiger partial charge in [0.05, 0.1) is 20.6 Å². The minimum Gasteiger partial charge on any atom is -0.337 e. The Morgan fingerprint density at radius 2 is 2.00 bits per heavy atom. The van der Waals surface area contributed by atoms with Gasteiger partial charge in [-0.15, -0.1) is 0 Å². The number of carbonyl (C=O) groups excluding carboxylic acids is 1. The number of likely N-dealkylation sites (tertiary alicyclic amines) is 1. The molecule has 1 amide bonds. The average molecular weight is 534 g/mol. The van der Waals surface area contributed by atoms with Crippen LogP contribution in [0.1, 0.15) is 18.4 Å². The summed E-state index contributed by atoms with van der Waals surface area (Å²) in [6.07, 6.45) is 5.89. The highest BCUT2D eigenvalue weighted by Gasteiger charge is 2.29. The van der Waals surface area contributed by atoms with Crippen molar-refractivity contribution in [3.05, 3.63) is 37.4 Å². The van der Waals surface area contributed by atoms with Crippen molar-refractivity contribution in [2.24, 2.45) is 7.05 Å². The number of fused-ring (bicyclic) bond motifs is 1. The third-order valence-corrected chi connectivity index (χ3v) is 7.78. The van der Waals surface area contributed by atoms with Crippen LogP contribution in [0.3, 0.4) is 0 Å². The molecule has 134 valence electrons. The standard InChI is InChI=1S/C18H20Br3N3O/c1-22-9-4-5-14(22)18(25)23(2)10-8-12-11-6-7-13(19)15(20)16(11)24(3)17(12)21/h6-8,10,14H,4-5,9H2,1-3H3/t14-/m0/s1. The Hall–Kier alpha value is -0.630. The quantitative estimate of drug-likeness (QED) is 0.556. The fraction of sp³-hybridized carbons (Fsp3) is 0.389. The van der Waals surface area contributed by atoms with Gasteiger partial charge in [0, 0.05) is 35.7 Å². The van der Waals surface area contributed by atoms with Gasteiger partial charge in [-0.05, 0) is 86.4 Å². The molecule has 7 heteroatoms. The van der Waals surface area contributed by atoms with Crippen molar-refractivity contribution in [2.75, 3.05) is 20.6 Å². The van der Waals surface area contributed by atoms with Crippen molar-refractivity contribution < 1.29 is 4.79 Å². The monoisotopic (exact) mass is 531 g/mol. The molecule has 1 aliphatic rings. The zero-order valence-electron chi connectivity index (χ0n) is 14.4. The van der Waals surface area contributed by atoms with E-state index in [1.54, 1.807) is 4.90 Å². The first kappa shape index (κ1) is 19.1. The number of carbonyl (C=O) groups is 1. The third-order valence-electron chi connectivity index (χ3n) is 4.83. The molecule has 0 saturated carbocycles. The number of hydrogen-bond acceptors (Lipinski definition) is 2. The van der Waals surface area contributed by atoms with Gasteiger partial charge >= 0.3 is 0 Å². The summed E-state index contributed by atoms with van der Waals surface area (Å²) in [5.41, 5.74) is 2.16. The van der Waals surface area contributed by atoms with Crippen LogP contribution in [0.5, 0.6) is 0 Å². The van der Waals surface area contributed by atoms with Crippen molar-refractivity contribution >= 4 is 70.7 Å². The molecule has 1 aromatic carbocycles. The Labute approximate surface area is 173 Å². The molecule has 0 spiro atoms. The maximum absolute atomic E-state index is 12.6. The fourth-order valence-electron chi connectivity index (χ4n) is 3.35.